The number of hydrogen-bond donors (Lipinski definition) is 0. The van der Waals surface area contributed by atoms with Gasteiger partial charge in [0.05, 0.1) is 38.8 Å². The Morgan fingerprint density at radius 1 is 0.344 bits per heavy atom. The highest BCUT2D eigenvalue weighted by Gasteiger charge is 2.52. The second-order valence-corrected chi connectivity index (χ2v) is 17.1. The van der Waals surface area contributed by atoms with Crippen LogP contribution in [0.2, 0.25) is 0 Å². The van der Waals surface area contributed by atoms with Crippen molar-refractivity contribution in [1.29, 1.82) is 0 Å². The van der Waals surface area contributed by atoms with E-state index in [1.165, 1.54) is 65.5 Å². The van der Waals surface area contributed by atoms with Crippen molar-refractivity contribution in [3.63, 3.8) is 0 Å². The number of para-hydroxylation sites is 5. The predicted molar refractivity (Wildman–Crippen MR) is 259 cm³/mol. The van der Waals surface area contributed by atoms with Crippen molar-refractivity contribution in [1.82, 2.24) is 23.5 Å². The van der Waals surface area contributed by atoms with Crippen molar-refractivity contribution >= 4 is 65.4 Å². The Morgan fingerprint density at radius 2 is 0.781 bits per heavy atom. The Labute approximate surface area is 366 Å². The molecule has 64 heavy (non-hydrogen) atoms. The van der Waals surface area contributed by atoms with Crippen molar-refractivity contribution in [3.05, 3.63) is 229 Å². The molecule has 13 aromatic rings. The molecule has 1 unspecified atom stereocenters. The van der Waals surface area contributed by atoms with Gasteiger partial charge in [-0.3, -0.25) is 0 Å². The third kappa shape index (κ3) is 4.22. The maximum absolute atomic E-state index is 6.82. The van der Waals surface area contributed by atoms with Gasteiger partial charge in [-0.05, 0) is 96.6 Å². The highest BCUT2D eigenvalue weighted by Crippen LogP contribution is 2.58. The summed E-state index contributed by atoms with van der Waals surface area (Å²) in [6, 6.07) is 75.0. The van der Waals surface area contributed by atoms with Crippen molar-refractivity contribution in [2.45, 2.75) is 5.54 Å². The topological polar surface area (TPSA) is 41.8 Å². The van der Waals surface area contributed by atoms with Crippen LogP contribution in [0.3, 0.4) is 0 Å². The molecule has 0 aliphatic carbocycles. The Bertz CT molecular complexity index is 3860. The van der Waals surface area contributed by atoms with Gasteiger partial charge in [0.2, 0.25) is 0 Å². The minimum Gasteiger partial charge on any atom is -0.457 e. The van der Waals surface area contributed by atoms with Gasteiger partial charge in [0.15, 0.2) is 0 Å². The van der Waals surface area contributed by atoms with Crippen LogP contribution in [-0.2, 0) is 5.54 Å². The van der Waals surface area contributed by atoms with Gasteiger partial charge in [-0.15, -0.1) is 0 Å². The Kier molecular flexibility index (Phi) is 6.53. The third-order valence-corrected chi connectivity index (χ3v) is 14.1. The second kappa shape index (κ2) is 12.3. The van der Waals surface area contributed by atoms with Gasteiger partial charge in [-0.2, -0.15) is 5.10 Å². The van der Waals surface area contributed by atoms with Crippen LogP contribution in [-0.4, -0.2) is 23.5 Å². The number of hydrogen-bond acceptors (Lipinski definition) is 2. The van der Waals surface area contributed by atoms with E-state index in [4.69, 9.17) is 9.84 Å². The summed E-state index contributed by atoms with van der Waals surface area (Å²) in [6.07, 6.45) is 1.92. The fraction of sp³-hybridized carbons (Fsp3) is 0.0172. The maximum Gasteiger partial charge on any atom is 0.146 e. The number of nitrogens with zero attached hydrogens (tertiary/aromatic N) is 5. The summed E-state index contributed by atoms with van der Waals surface area (Å²) in [5.41, 5.74) is 15.1. The fourth-order valence-electron chi connectivity index (χ4n) is 11.5. The summed E-state index contributed by atoms with van der Waals surface area (Å²) in [6.45, 7) is 0. The zero-order chi connectivity index (χ0) is 41.7. The van der Waals surface area contributed by atoms with Gasteiger partial charge < -0.3 is 18.4 Å². The van der Waals surface area contributed by atoms with Gasteiger partial charge >= 0.3 is 0 Å². The quantitative estimate of drug-likeness (QED) is 0.178. The summed E-state index contributed by atoms with van der Waals surface area (Å²) in [7, 11) is 0. The van der Waals surface area contributed by atoms with Crippen molar-refractivity contribution in [2.24, 2.45) is 0 Å². The normalized spacial score (nSPS) is 15.1. The molecule has 4 aromatic heterocycles. The number of ether oxygens (including phenoxy) is 1. The molecule has 2 aliphatic heterocycles. The molecule has 0 radical (unpaired) electrons. The van der Waals surface area contributed by atoms with Crippen molar-refractivity contribution < 1.29 is 4.74 Å². The minimum atomic E-state index is -0.734. The lowest BCUT2D eigenvalue weighted by Gasteiger charge is -2.39. The Morgan fingerprint density at radius 3 is 1.36 bits per heavy atom. The number of rotatable bonds is 3. The summed E-state index contributed by atoms with van der Waals surface area (Å²) in [5, 5.41) is 12.4. The Balaban J connectivity index is 1.03. The molecule has 9 aromatic carbocycles. The first-order chi connectivity index (χ1) is 31.8. The first-order valence-electron chi connectivity index (χ1n) is 21.9. The van der Waals surface area contributed by atoms with Crippen LogP contribution in [0.25, 0.3) is 93.7 Å². The molecular weight excluding hydrogens is 783 g/mol. The summed E-state index contributed by atoms with van der Waals surface area (Å²) < 4.78 is 16.3. The van der Waals surface area contributed by atoms with Crippen LogP contribution in [0, 0.1) is 0 Å². The highest BCUT2D eigenvalue weighted by atomic mass is 16.5. The zero-order valence-corrected chi connectivity index (χ0v) is 34.4. The molecule has 6 heteroatoms. The summed E-state index contributed by atoms with van der Waals surface area (Å²) in [5.74, 6) is 1.66. The molecule has 298 valence electrons. The molecule has 15 rings (SSSR count). The van der Waals surface area contributed by atoms with E-state index >= 15 is 0 Å². The van der Waals surface area contributed by atoms with E-state index in [9.17, 15) is 0 Å². The second-order valence-electron chi connectivity index (χ2n) is 17.1. The van der Waals surface area contributed by atoms with Crippen molar-refractivity contribution in [2.75, 3.05) is 0 Å². The van der Waals surface area contributed by atoms with Crippen LogP contribution in [0.5, 0.6) is 11.5 Å². The SMILES string of the molecule is c1ccc2c(c1)Oc1ccc(-n3c4ccc(-n5c6ccccc6c6ccccc65)cc4c4cc(-n5c6ccccc6c6ccccc65)ccc43)cc1C21c2ccccc2-c2ccnn21. The molecule has 0 bridgehead atoms. The van der Waals surface area contributed by atoms with Crippen molar-refractivity contribution in [3.8, 4) is 39.8 Å². The number of aromatic nitrogens is 5. The lowest BCUT2D eigenvalue weighted by molar-refractivity contribution is 0.382. The molecule has 0 saturated carbocycles. The first-order valence-corrected chi connectivity index (χ1v) is 21.9. The average molecular weight is 818 g/mol. The molecule has 0 fully saturated rings. The van der Waals surface area contributed by atoms with Crippen LogP contribution in [0.15, 0.2) is 212 Å². The largest absolute Gasteiger partial charge is 0.457 e. The fourth-order valence-corrected chi connectivity index (χ4v) is 11.5. The summed E-state index contributed by atoms with van der Waals surface area (Å²) in [4.78, 5) is 0. The minimum absolute atomic E-state index is 0.734. The monoisotopic (exact) mass is 817 g/mol. The van der Waals surface area contributed by atoms with Crippen LogP contribution >= 0.6 is 0 Å². The van der Waals surface area contributed by atoms with E-state index in [1.807, 2.05) is 6.20 Å². The van der Waals surface area contributed by atoms with E-state index < -0.39 is 5.54 Å². The number of benzene rings is 9. The maximum atomic E-state index is 6.82. The lowest BCUT2D eigenvalue weighted by atomic mass is 9.75. The molecule has 2 aliphatic rings. The van der Waals surface area contributed by atoms with Gasteiger partial charge in [0, 0.05) is 72.3 Å². The molecule has 0 saturated heterocycles. The molecule has 0 N–H and O–H groups in total. The highest BCUT2D eigenvalue weighted by molar-refractivity contribution is 6.14. The van der Waals surface area contributed by atoms with Crippen LogP contribution in [0.1, 0.15) is 16.7 Å². The average Bonchev–Trinajstić information content (AvgIpc) is 4.17. The van der Waals surface area contributed by atoms with E-state index in [2.05, 4.69) is 225 Å². The molecule has 1 atom stereocenters. The molecule has 6 nitrogen and oxygen atoms in total. The van der Waals surface area contributed by atoms with Gasteiger partial charge in [0.25, 0.3) is 0 Å². The zero-order valence-electron chi connectivity index (χ0n) is 34.4. The molecule has 0 amide bonds. The van der Waals surface area contributed by atoms with E-state index in [1.54, 1.807) is 0 Å². The van der Waals surface area contributed by atoms with Crippen LogP contribution < -0.4 is 4.74 Å². The van der Waals surface area contributed by atoms with E-state index in [0.717, 1.165) is 56.4 Å². The van der Waals surface area contributed by atoms with Gasteiger partial charge in [-0.25, -0.2) is 4.68 Å². The van der Waals surface area contributed by atoms with Gasteiger partial charge in [0.1, 0.15) is 17.0 Å². The van der Waals surface area contributed by atoms with Crippen LogP contribution in [0.4, 0.5) is 0 Å². The predicted octanol–water partition coefficient (Wildman–Crippen LogP) is 14.1. The smallest absolute Gasteiger partial charge is 0.146 e. The molecule has 1 spiro atoms. The standard InChI is InChI=1S/C58H35N5O/c1-6-18-46-43(17-1)55-31-32-59-63(55)58(46)47-19-7-12-24-56(47)64-57-30-27-38(35-48(57)58)62-53-28-25-36(60-49-20-8-2-13-39(49)40-14-3-9-21-50(40)60)33-44(53)45-34-37(26-29-54(45)62)61-51-22-10-4-15-41(51)42-16-5-11-23-52(42)61/h1-35H. The first kappa shape index (κ1) is 34.0. The van der Waals surface area contributed by atoms with Gasteiger partial charge in [-0.1, -0.05) is 115 Å². The molecule has 6 heterocycles. The summed E-state index contributed by atoms with van der Waals surface area (Å²) >= 11 is 0. The number of fused-ring (bicyclic) bond motifs is 18. The van der Waals surface area contributed by atoms with E-state index in [-0.39, 0.29) is 0 Å². The molecular formula is C58H35N5O. The lowest BCUT2D eigenvalue weighted by Crippen LogP contribution is -2.38. The Hall–Kier alpha value is -8.61. The third-order valence-electron chi connectivity index (χ3n) is 14.1. The van der Waals surface area contributed by atoms with E-state index in [0.29, 0.717) is 0 Å².